The molecule has 2 aromatic rings. The number of fused-ring (bicyclic) bond motifs is 1. The molecular formula is C17H19NO2. The smallest absolute Gasteiger partial charge is 0.161 e. The van der Waals surface area contributed by atoms with Crippen LogP contribution in [0.3, 0.4) is 0 Å². The van der Waals surface area contributed by atoms with Crippen molar-refractivity contribution in [1.82, 2.24) is 5.32 Å². The molecule has 0 aliphatic carbocycles. The van der Waals surface area contributed by atoms with Gasteiger partial charge in [0.05, 0.1) is 14.2 Å². The van der Waals surface area contributed by atoms with Gasteiger partial charge in [-0.2, -0.15) is 0 Å². The third kappa shape index (κ3) is 2.25. The van der Waals surface area contributed by atoms with E-state index < -0.39 is 0 Å². The summed E-state index contributed by atoms with van der Waals surface area (Å²) in [4.78, 5) is 0. The quantitative estimate of drug-likeness (QED) is 0.929. The molecule has 0 bridgehead atoms. The molecule has 0 saturated heterocycles. The Kier molecular flexibility index (Phi) is 3.61. The number of methoxy groups -OCH3 is 2. The Labute approximate surface area is 119 Å². The first-order valence-corrected chi connectivity index (χ1v) is 6.84. The second-order valence-corrected chi connectivity index (χ2v) is 5.00. The Morgan fingerprint density at radius 3 is 2.40 bits per heavy atom. The van der Waals surface area contributed by atoms with E-state index in [-0.39, 0.29) is 0 Å². The number of hydrogen-bond acceptors (Lipinski definition) is 3. The highest BCUT2D eigenvalue weighted by molar-refractivity contribution is 5.51. The van der Waals surface area contributed by atoms with Crippen LogP contribution in [-0.2, 0) is 6.54 Å². The fourth-order valence-corrected chi connectivity index (χ4v) is 2.86. The van der Waals surface area contributed by atoms with E-state index in [0.29, 0.717) is 5.92 Å². The summed E-state index contributed by atoms with van der Waals surface area (Å²) in [6, 6.07) is 14.8. The number of benzene rings is 2. The normalized spacial score (nSPS) is 17.4. The van der Waals surface area contributed by atoms with Crippen molar-refractivity contribution in [2.45, 2.75) is 12.5 Å². The van der Waals surface area contributed by atoms with Gasteiger partial charge < -0.3 is 14.8 Å². The highest BCUT2D eigenvalue weighted by Gasteiger charge is 2.23. The molecule has 1 heterocycles. The molecule has 1 aliphatic heterocycles. The van der Waals surface area contributed by atoms with Gasteiger partial charge >= 0.3 is 0 Å². The van der Waals surface area contributed by atoms with Crippen molar-refractivity contribution in [3.63, 3.8) is 0 Å². The van der Waals surface area contributed by atoms with Gasteiger partial charge in [-0.05, 0) is 28.8 Å². The fraction of sp³-hybridized carbons (Fsp3) is 0.294. The van der Waals surface area contributed by atoms with Crippen LogP contribution in [0.5, 0.6) is 11.5 Å². The van der Waals surface area contributed by atoms with Crippen LogP contribution in [0.4, 0.5) is 0 Å². The number of hydrogen-bond donors (Lipinski definition) is 1. The SMILES string of the molecule is COc1cc2c(cc1OC)C(c1ccccc1)CNC2. The molecule has 3 rings (SSSR count). The molecule has 0 saturated carbocycles. The van der Waals surface area contributed by atoms with Gasteiger partial charge in [0.1, 0.15) is 0 Å². The molecule has 0 aromatic heterocycles. The van der Waals surface area contributed by atoms with Crippen molar-refractivity contribution in [1.29, 1.82) is 0 Å². The molecule has 3 nitrogen and oxygen atoms in total. The average molecular weight is 269 g/mol. The monoisotopic (exact) mass is 269 g/mol. The number of ether oxygens (including phenoxy) is 2. The van der Waals surface area contributed by atoms with Crippen LogP contribution in [0.2, 0.25) is 0 Å². The maximum Gasteiger partial charge on any atom is 0.161 e. The highest BCUT2D eigenvalue weighted by Crippen LogP contribution is 2.37. The Morgan fingerprint density at radius 2 is 1.70 bits per heavy atom. The minimum absolute atomic E-state index is 0.361. The van der Waals surface area contributed by atoms with Crippen molar-refractivity contribution in [2.75, 3.05) is 20.8 Å². The van der Waals surface area contributed by atoms with E-state index >= 15 is 0 Å². The van der Waals surface area contributed by atoms with Gasteiger partial charge in [-0.3, -0.25) is 0 Å². The third-order valence-electron chi connectivity index (χ3n) is 3.89. The van der Waals surface area contributed by atoms with Crippen molar-refractivity contribution >= 4 is 0 Å². The minimum Gasteiger partial charge on any atom is -0.493 e. The Balaban J connectivity index is 2.08. The summed E-state index contributed by atoms with van der Waals surface area (Å²) in [5, 5.41) is 3.48. The van der Waals surface area contributed by atoms with E-state index in [1.807, 2.05) is 0 Å². The summed E-state index contributed by atoms with van der Waals surface area (Å²) in [5.74, 6) is 1.95. The first-order valence-electron chi connectivity index (χ1n) is 6.84. The molecule has 0 amide bonds. The van der Waals surface area contributed by atoms with Crippen LogP contribution in [-0.4, -0.2) is 20.8 Å². The van der Waals surface area contributed by atoms with Crippen LogP contribution in [0.1, 0.15) is 22.6 Å². The molecule has 3 heteroatoms. The van der Waals surface area contributed by atoms with Gasteiger partial charge in [0.15, 0.2) is 11.5 Å². The maximum atomic E-state index is 5.44. The van der Waals surface area contributed by atoms with Gasteiger partial charge in [0.25, 0.3) is 0 Å². The maximum absolute atomic E-state index is 5.44. The van der Waals surface area contributed by atoms with Crippen molar-refractivity contribution < 1.29 is 9.47 Å². The first kappa shape index (κ1) is 13.0. The molecule has 1 unspecified atom stereocenters. The van der Waals surface area contributed by atoms with Crippen molar-refractivity contribution in [3.8, 4) is 11.5 Å². The Bertz CT molecular complexity index is 595. The molecule has 20 heavy (non-hydrogen) atoms. The molecular weight excluding hydrogens is 250 g/mol. The summed E-state index contributed by atoms with van der Waals surface area (Å²) in [6.45, 7) is 1.82. The van der Waals surface area contributed by atoms with E-state index in [9.17, 15) is 0 Å². The lowest BCUT2D eigenvalue weighted by Crippen LogP contribution is -2.28. The number of nitrogens with one attached hydrogen (secondary N) is 1. The minimum atomic E-state index is 0.361. The summed E-state index contributed by atoms with van der Waals surface area (Å²) >= 11 is 0. The van der Waals surface area contributed by atoms with Gasteiger partial charge in [0, 0.05) is 19.0 Å². The molecule has 1 aliphatic rings. The lowest BCUT2D eigenvalue weighted by Gasteiger charge is -2.28. The average Bonchev–Trinajstić information content (AvgIpc) is 2.53. The molecule has 1 atom stereocenters. The van der Waals surface area contributed by atoms with E-state index in [1.165, 1.54) is 16.7 Å². The zero-order valence-electron chi connectivity index (χ0n) is 11.8. The van der Waals surface area contributed by atoms with Crippen LogP contribution in [0.25, 0.3) is 0 Å². The Hall–Kier alpha value is -2.00. The zero-order valence-corrected chi connectivity index (χ0v) is 11.8. The second-order valence-electron chi connectivity index (χ2n) is 5.00. The summed E-state index contributed by atoms with van der Waals surface area (Å²) in [5.41, 5.74) is 3.93. The summed E-state index contributed by atoms with van der Waals surface area (Å²) < 4.78 is 10.8. The van der Waals surface area contributed by atoms with Crippen LogP contribution >= 0.6 is 0 Å². The van der Waals surface area contributed by atoms with Gasteiger partial charge in [-0.1, -0.05) is 30.3 Å². The Morgan fingerprint density at radius 1 is 1.00 bits per heavy atom. The highest BCUT2D eigenvalue weighted by atomic mass is 16.5. The lowest BCUT2D eigenvalue weighted by molar-refractivity contribution is 0.353. The van der Waals surface area contributed by atoms with Gasteiger partial charge in [-0.15, -0.1) is 0 Å². The molecule has 0 spiro atoms. The fourth-order valence-electron chi connectivity index (χ4n) is 2.86. The van der Waals surface area contributed by atoms with E-state index in [1.54, 1.807) is 14.2 Å². The van der Waals surface area contributed by atoms with Crippen molar-refractivity contribution in [2.24, 2.45) is 0 Å². The topological polar surface area (TPSA) is 30.5 Å². The molecule has 1 N–H and O–H groups in total. The van der Waals surface area contributed by atoms with Crippen LogP contribution in [0, 0.1) is 0 Å². The van der Waals surface area contributed by atoms with Gasteiger partial charge in [0.2, 0.25) is 0 Å². The predicted molar refractivity (Wildman–Crippen MR) is 79.5 cm³/mol. The van der Waals surface area contributed by atoms with E-state index in [4.69, 9.17) is 9.47 Å². The predicted octanol–water partition coefficient (Wildman–Crippen LogP) is 2.94. The second kappa shape index (κ2) is 5.55. The third-order valence-corrected chi connectivity index (χ3v) is 3.89. The summed E-state index contributed by atoms with van der Waals surface area (Å²) in [6.07, 6.45) is 0. The van der Waals surface area contributed by atoms with Crippen LogP contribution in [0.15, 0.2) is 42.5 Å². The molecule has 2 aromatic carbocycles. The number of rotatable bonds is 3. The molecule has 104 valence electrons. The van der Waals surface area contributed by atoms with E-state index in [2.05, 4.69) is 47.8 Å². The standard InChI is InChI=1S/C17H19NO2/c1-19-16-8-13-10-18-11-15(12-6-4-3-5-7-12)14(13)9-17(16)20-2/h3-9,15,18H,10-11H2,1-2H3. The molecule has 0 fully saturated rings. The first-order chi connectivity index (χ1) is 9.83. The van der Waals surface area contributed by atoms with Crippen LogP contribution < -0.4 is 14.8 Å². The van der Waals surface area contributed by atoms with Gasteiger partial charge in [-0.25, -0.2) is 0 Å². The van der Waals surface area contributed by atoms with E-state index in [0.717, 1.165) is 24.6 Å². The van der Waals surface area contributed by atoms with Crippen molar-refractivity contribution in [3.05, 3.63) is 59.2 Å². The summed E-state index contributed by atoms with van der Waals surface area (Å²) in [7, 11) is 3.36. The zero-order chi connectivity index (χ0) is 13.9. The largest absolute Gasteiger partial charge is 0.493 e. The molecule has 0 radical (unpaired) electrons. The lowest BCUT2D eigenvalue weighted by atomic mass is 9.85.